The molecule has 7 nitrogen and oxygen atoms in total. The van der Waals surface area contributed by atoms with E-state index in [4.69, 9.17) is 4.74 Å². The van der Waals surface area contributed by atoms with Crippen LogP contribution in [0.3, 0.4) is 0 Å². The van der Waals surface area contributed by atoms with Gasteiger partial charge < -0.3 is 14.5 Å². The number of hydrogen-bond donors (Lipinski definition) is 0. The van der Waals surface area contributed by atoms with Gasteiger partial charge in [0.25, 0.3) is 0 Å². The van der Waals surface area contributed by atoms with Crippen LogP contribution in [0.5, 0.6) is 5.75 Å². The highest BCUT2D eigenvalue weighted by Crippen LogP contribution is 2.33. The van der Waals surface area contributed by atoms with Crippen molar-refractivity contribution < 1.29 is 4.74 Å². The molecule has 27 heavy (non-hydrogen) atoms. The Morgan fingerprint density at radius 1 is 1.22 bits per heavy atom. The van der Waals surface area contributed by atoms with Crippen LogP contribution in [0.15, 0.2) is 36.7 Å². The van der Waals surface area contributed by atoms with Crippen molar-refractivity contribution in [2.45, 2.75) is 19.5 Å². The molecule has 3 rings (SSSR count). The molecule has 0 radical (unpaired) electrons. The Hall–Kier alpha value is -2.45. The van der Waals surface area contributed by atoms with Gasteiger partial charge >= 0.3 is 0 Å². The van der Waals surface area contributed by atoms with Gasteiger partial charge in [-0.1, -0.05) is 6.07 Å². The largest absolute Gasteiger partial charge is 0.496 e. The maximum Gasteiger partial charge on any atom is 0.237 e. The van der Waals surface area contributed by atoms with Gasteiger partial charge in [-0.15, -0.1) is 0 Å². The summed E-state index contributed by atoms with van der Waals surface area (Å²) >= 11 is 1.39. The van der Waals surface area contributed by atoms with Crippen LogP contribution in [-0.2, 0) is 13.1 Å². The number of ether oxygens (including phenoxy) is 1. The highest BCUT2D eigenvalue weighted by molar-refractivity contribution is 7.09. The third-order valence-electron chi connectivity index (χ3n) is 4.25. The van der Waals surface area contributed by atoms with Crippen LogP contribution in [-0.4, -0.2) is 58.8 Å². The maximum atomic E-state index is 5.54. The summed E-state index contributed by atoms with van der Waals surface area (Å²) in [7, 11) is 7.71. The fraction of sp³-hybridized carbons (Fsp3) is 0.421. The monoisotopic (exact) mass is 386 g/mol. The fourth-order valence-corrected chi connectivity index (χ4v) is 3.61. The van der Waals surface area contributed by atoms with Gasteiger partial charge in [0.15, 0.2) is 0 Å². The number of anilines is 1. The molecule has 0 bridgehead atoms. The molecule has 0 aliphatic carbocycles. The van der Waals surface area contributed by atoms with Crippen LogP contribution in [0.4, 0.5) is 5.95 Å². The second-order valence-corrected chi connectivity index (χ2v) is 7.44. The first kappa shape index (κ1) is 19.3. The molecule has 144 valence electrons. The van der Waals surface area contributed by atoms with E-state index < -0.39 is 0 Å². The molecule has 1 aromatic carbocycles. The predicted molar refractivity (Wildman–Crippen MR) is 109 cm³/mol. The lowest BCUT2D eigenvalue weighted by molar-refractivity contribution is 0.311. The van der Waals surface area contributed by atoms with E-state index >= 15 is 0 Å². The van der Waals surface area contributed by atoms with E-state index in [1.807, 2.05) is 48.2 Å². The average Bonchev–Trinajstić information content (AvgIpc) is 3.33. The van der Waals surface area contributed by atoms with Gasteiger partial charge in [0.05, 0.1) is 12.7 Å². The lowest BCUT2D eigenvalue weighted by Crippen LogP contribution is -2.20. The van der Waals surface area contributed by atoms with Crippen LogP contribution in [0, 0.1) is 0 Å². The summed E-state index contributed by atoms with van der Waals surface area (Å²) in [6.07, 6.45) is 4.88. The molecule has 0 aliphatic rings. The van der Waals surface area contributed by atoms with Crippen LogP contribution in [0.25, 0.3) is 10.6 Å². The summed E-state index contributed by atoms with van der Waals surface area (Å²) in [5.74, 6) is 1.54. The highest BCUT2D eigenvalue weighted by atomic mass is 32.1. The van der Waals surface area contributed by atoms with Crippen LogP contribution >= 0.6 is 11.5 Å². The summed E-state index contributed by atoms with van der Waals surface area (Å²) in [5.41, 5.74) is 2.22. The Bertz CT molecular complexity index is 846. The molecule has 0 spiro atoms. The lowest BCUT2D eigenvalue weighted by atomic mass is 10.1. The van der Waals surface area contributed by atoms with Crippen molar-refractivity contribution in [3.05, 3.63) is 42.2 Å². The molecule has 0 aliphatic heterocycles. The molecule has 0 amide bonds. The van der Waals surface area contributed by atoms with E-state index in [-0.39, 0.29) is 0 Å². The quantitative estimate of drug-likeness (QED) is 0.563. The minimum absolute atomic E-state index is 0.721. The van der Waals surface area contributed by atoms with Gasteiger partial charge in [0.1, 0.15) is 10.8 Å². The number of rotatable bonds is 9. The Labute approximate surface area is 164 Å². The second kappa shape index (κ2) is 8.96. The van der Waals surface area contributed by atoms with Crippen molar-refractivity contribution in [1.29, 1.82) is 0 Å². The Balaban J connectivity index is 1.66. The van der Waals surface area contributed by atoms with E-state index in [2.05, 4.69) is 38.5 Å². The molecule has 8 heteroatoms. The van der Waals surface area contributed by atoms with E-state index in [1.54, 1.807) is 7.11 Å². The van der Waals surface area contributed by atoms with E-state index in [0.29, 0.717) is 0 Å². The van der Waals surface area contributed by atoms with Crippen molar-refractivity contribution in [2.75, 3.05) is 39.7 Å². The van der Waals surface area contributed by atoms with Gasteiger partial charge in [0, 0.05) is 39.6 Å². The Morgan fingerprint density at radius 3 is 2.74 bits per heavy atom. The molecule has 0 saturated carbocycles. The number of benzene rings is 1. The predicted octanol–water partition coefficient (Wildman–Crippen LogP) is 3.00. The normalized spacial score (nSPS) is 11.1. The molecule has 0 saturated heterocycles. The van der Waals surface area contributed by atoms with Gasteiger partial charge in [-0.05, 0) is 55.3 Å². The zero-order chi connectivity index (χ0) is 19.2. The fourth-order valence-electron chi connectivity index (χ4n) is 2.85. The Morgan fingerprint density at radius 2 is 2.07 bits per heavy atom. The standard InChI is InChI=1S/C19H26N6OS/c1-23(2)19-21-18(27-22-19)16-13-15(7-8-17(16)26-4)14-24(3)10-6-12-25-11-5-9-20-25/h5,7-9,11,13H,6,10,12,14H2,1-4H3. The molecule has 3 aromatic rings. The number of hydrogen-bond acceptors (Lipinski definition) is 7. The lowest BCUT2D eigenvalue weighted by Gasteiger charge is -2.17. The molecular weight excluding hydrogens is 360 g/mol. The highest BCUT2D eigenvalue weighted by Gasteiger charge is 2.14. The molecule has 0 N–H and O–H groups in total. The summed E-state index contributed by atoms with van der Waals surface area (Å²) in [6.45, 7) is 2.81. The summed E-state index contributed by atoms with van der Waals surface area (Å²) in [6, 6.07) is 8.24. The number of aryl methyl sites for hydroxylation is 1. The molecule has 0 atom stereocenters. The van der Waals surface area contributed by atoms with Crippen molar-refractivity contribution in [2.24, 2.45) is 0 Å². The van der Waals surface area contributed by atoms with Crippen LogP contribution in [0.1, 0.15) is 12.0 Å². The molecule has 0 unspecified atom stereocenters. The zero-order valence-corrected chi connectivity index (χ0v) is 17.1. The van der Waals surface area contributed by atoms with Crippen molar-refractivity contribution >= 4 is 17.5 Å². The van der Waals surface area contributed by atoms with E-state index in [9.17, 15) is 0 Å². The van der Waals surface area contributed by atoms with Gasteiger partial charge in [-0.25, -0.2) is 0 Å². The van der Waals surface area contributed by atoms with Crippen LogP contribution in [0.2, 0.25) is 0 Å². The van der Waals surface area contributed by atoms with Gasteiger partial charge in [0.2, 0.25) is 5.95 Å². The van der Waals surface area contributed by atoms with E-state index in [1.165, 1.54) is 17.1 Å². The minimum Gasteiger partial charge on any atom is -0.496 e. The average molecular weight is 387 g/mol. The topological polar surface area (TPSA) is 59.3 Å². The zero-order valence-electron chi connectivity index (χ0n) is 16.3. The van der Waals surface area contributed by atoms with Crippen molar-refractivity contribution in [1.82, 2.24) is 24.0 Å². The summed E-state index contributed by atoms with van der Waals surface area (Å²) in [5, 5.41) is 5.12. The molecule has 2 heterocycles. The first-order valence-corrected chi connectivity index (χ1v) is 9.68. The second-order valence-electron chi connectivity index (χ2n) is 6.69. The third kappa shape index (κ3) is 5.05. The summed E-state index contributed by atoms with van der Waals surface area (Å²) < 4.78 is 11.9. The SMILES string of the molecule is COc1ccc(CN(C)CCCn2cccn2)cc1-c1nc(N(C)C)ns1. The van der Waals surface area contributed by atoms with Crippen molar-refractivity contribution in [3.63, 3.8) is 0 Å². The van der Waals surface area contributed by atoms with E-state index in [0.717, 1.165) is 48.3 Å². The number of nitrogens with zero attached hydrogens (tertiary/aromatic N) is 6. The summed E-state index contributed by atoms with van der Waals surface area (Å²) in [4.78, 5) is 8.84. The van der Waals surface area contributed by atoms with Crippen LogP contribution < -0.4 is 9.64 Å². The minimum atomic E-state index is 0.721. The smallest absolute Gasteiger partial charge is 0.237 e. The molecular formula is C19H26N6OS. The van der Waals surface area contributed by atoms with Gasteiger partial charge in [-0.2, -0.15) is 14.5 Å². The first-order chi connectivity index (χ1) is 13.1. The first-order valence-electron chi connectivity index (χ1n) is 8.91. The molecule has 0 fully saturated rings. The van der Waals surface area contributed by atoms with Crippen molar-refractivity contribution in [3.8, 4) is 16.3 Å². The number of aromatic nitrogens is 4. The Kier molecular flexibility index (Phi) is 6.41. The third-order valence-corrected chi connectivity index (χ3v) is 4.99. The number of methoxy groups -OCH3 is 1. The maximum absolute atomic E-state index is 5.54. The van der Waals surface area contributed by atoms with Gasteiger partial charge in [-0.3, -0.25) is 4.68 Å². The molecule has 2 aromatic heterocycles.